The van der Waals surface area contributed by atoms with E-state index in [-0.39, 0.29) is 5.78 Å². The summed E-state index contributed by atoms with van der Waals surface area (Å²) < 4.78 is 5.49. The highest BCUT2D eigenvalue weighted by Gasteiger charge is 2.52. The van der Waals surface area contributed by atoms with Crippen molar-refractivity contribution in [3.05, 3.63) is 59.9 Å². The number of aliphatic hydroxyl groups is 1. The number of fused-ring (bicyclic) bond motifs is 3. The molecule has 2 aliphatic heterocycles. The minimum atomic E-state index is -1.56. The lowest BCUT2D eigenvalue weighted by Gasteiger charge is -2.29. The number of aryl methyl sites for hydroxylation is 1. The van der Waals surface area contributed by atoms with Crippen molar-refractivity contribution >= 4 is 34.0 Å². The molecule has 0 amide bonds. The third kappa shape index (κ3) is 2.01. The summed E-state index contributed by atoms with van der Waals surface area (Å²) in [6.07, 6.45) is 2.82. The van der Waals surface area contributed by atoms with Gasteiger partial charge in [0.2, 0.25) is 5.78 Å². The summed E-state index contributed by atoms with van der Waals surface area (Å²) in [5.41, 5.74) is 2.28. The minimum Gasteiger partial charge on any atom is -0.464 e. The molecular weight excluding hydrogens is 328 g/mol. The van der Waals surface area contributed by atoms with Crippen LogP contribution in [0.4, 0.5) is 11.4 Å². The lowest BCUT2D eigenvalue weighted by molar-refractivity contribution is 0.0602. The van der Waals surface area contributed by atoms with E-state index in [2.05, 4.69) is 4.99 Å². The second-order valence-corrected chi connectivity index (χ2v) is 6.87. The molecule has 0 unspecified atom stereocenters. The van der Waals surface area contributed by atoms with Gasteiger partial charge in [-0.1, -0.05) is 13.0 Å². The van der Waals surface area contributed by atoms with Crippen molar-refractivity contribution in [1.29, 1.82) is 0 Å². The van der Waals surface area contributed by atoms with Crippen LogP contribution in [-0.2, 0) is 6.42 Å². The number of hydrogen-bond donors (Lipinski definition) is 1. The van der Waals surface area contributed by atoms with E-state index in [1.165, 1.54) is 0 Å². The molecule has 1 atom stereocenters. The topological polar surface area (TPSA) is 66.0 Å². The van der Waals surface area contributed by atoms with Gasteiger partial charge in [-0.15, -0.1) is 0 Å². The second kappa shape index (κ2) is 5.29. The van der Waals surface area contributed by atoms with Crippen LogP contribution in [0.2, 0.25) is 0 Å². The SMILES string of the molecule is CCc1ccc2c(c1)C(=O)[C@]1(O)CCN(c3ccc4ccoc4c3)C1=N2. The highest BCUT2D eigenvalue weighted by Crippen LogP contribution is 2.40. The van der Waals surface area contributed by atoms with Gasteiger partial charge in [0.1, 0.15) is 11.4 Å². The van der Waals surface area contributed by atoms with Crippen molar-refractivity contribution in [1.82, 2.24) is 0 Å². The van der Waals surface area contributed by atoms with E-state index < -0.39 is 5.60 Å². The first-order valence-electron chi connectivity index (χ1n) is 8.84. The Morgan fingerprint density at radius 2 is 2.12 bits per heavy atom. The molecule has 130 valence electrons. The lowest BCUT2D eigenvalue weighted by atomic mass is 9.86. The average molecular weight is 346 g/mol. The van der Waals surface area contributed by atoms with E-state index in [9.17, 15) is 9.90 Å². The van der Waals surface area contributed by atoms with Crippen molar-refractivity contribution in [2.75, 3.05) is 11.4 Å². The monoisotopic (exact) mass is 346 g/mol. The summed E-state index contributed by atoms with van der Waals surface area (Å²) in [5, 5.41) is 12.2. The number of nitrogens with zero attached hydrogens (tertiary/aromatic N) is 2. The van der Waals surface area contributed by atoms with Gasteiger partial charge in [0, 0.05) is 35.7 Å². The molecule has 5 nitrogen and oxygen atoms in total. The second-order valence-electron chi connectivity index (χ2n) is 6.87. The van der Waals surface area contributed by atoms with Gasteiger partial charge in [-0.05, 0) is 42.3 Å². The fourth-order valence-corrected chi connectivity index (χ4v) is 3.86. The quantitative estimate of drug-likeness (QED) is 0.765. The number of amidine groups is 1. The third-order valence-electron chi connectivity index (χ3n) is 5.39. The molecule has 0 bridgehead atoms. The van der Waals surface area contributed by atoms with Crippen LogP contribution in [0.3, 0.4) is 0 Å². The normalized spacial score (nSPS) is 21.7. The Morgan fingerprint density at radius 3 is 2.96 bits per heavy atom. The zero-order valence-corrected chi connectivity index (χ0v) is 14.4. The number of furan rings is 1. The molecule has 5 rings (SSSR count). The molecule has 1 fully saturated rings. The number of aliphatic imine (C=N–C) groups is 1. The molecule has 26 heavy (non-hydrogen) atoms. The first kappa shape index (κ1) is 15.3. The van der Waals surface area contributed by atoms with Crippen molar-refractivity contribution in [2.24, 2.45) is 4.99 Å². The van der Waals surface area contributed by atoms with E-state index in [0.717, 1.165) is 28.6 Å². The molecule has 1 saturated heterocycles. The predicted octanol–water partition coefficient (Wildman–Crippen LogP) is 3.86. The van der Waals surface area contributed by atoms with Crippen molar-refractivity contribution in [3.8, 4) is 0 Å². The van der Waals surface area contributed by atoms with Crippen molar-refractivity contribution in [3.63, 3.8) is 0 Å². The molecule has 0 spiro atoms. The van der Waals surface area contributed by atoms with Gasteiger partial charge in [0.15, 0.2) is 5.60 Å². The number of benzene rings is 2. The Balaban J connectivity index is 1.64. The maximum atomic E-state index is 13.1. The van der Waals surface area contributed by atoms with E-state index in [1.54, 1.807) is 6.26 Å². The van der Waals surface area contributed by atoms with Crippen LogP contribution < -0.4 is 4.90 Å². The summed E-state index contributed by atoms with van der Waals surface area (Å²) >= 11 is 0. The first-order chi connectivity index (χ1) is 12.6. The summed E-state index contributed by atoms with van der Waals surface area (Å²) in [7, 11) is 0. The summed E-state index contributed by atoms with van der Waals surface area (Å²) in [5.74, 6) is 0.152. The number of anilines is 1. The van der Waals surface area contributed by atoms with Crippen molar-refractivity contribution < 1.29 is 14.3 Å². The smallest absolute Gasteiger partial charge is 0.204 e. The molecule has 3 aromatic rings. The lowest BCUT2D eigenvalue weighted by Crippen LogP contribution is -2.48. The van der Waals surface area contributed by atoms with E-state index in [4.69, 9.17) is 4.42 Å². The van der Waals surface area contributed by atoms with Crippen LogP contribution in [0.1, 0.15) is 29.3 Å². The fourth-order valence-electron chi connectivity index (χ4n) is 3.86. The van der Waals surface area contributed by atoms with Crippen LogP contribution in [0, 0.1) is 0 Å². The number of carbonyl (C=O) groups is 1. The predicted molar refractivity (Wildman–Crippen MR) is 100 cm³/mol. The molecule has 1 N–H and O–H groups in total. The largest absolute Gasteiger partial charge is 0.464 e. The molecule has 2 aromatic carbocycles. The molecule has 0 aliphatic carbocycles. The van der Waals surface area contributed by atoms with E-state index in [0.29, 0.717) is 30.1 Å². The Hall–Kier alpha value is -2.92. The fraction of sp³-hybridized carbons (Fsp3) is 0.238. The zero-order valence-electron chi connectivity index (χ0n) is 14.4. The number of hydrogen-bond acceptors (Lipinski definition) is 5. The highest BCUT2D eigenvalue weighted by atomic mass is 16.3. The summed E-state index contributed by atoms with van der Waals surface area (Å²) in [6.45, 7) is 2.57. The number of rotatable bonds is 2. The van der Waals surface area contributed by atoms with Crippen LogP contribution in [0.15, 0.2) is 58.1 Å². The highest BCUT2D eigenvalue weighted by molar-refractivity contribution is 6.28. The minimum absolute atomic E-state index is 0.255. The Labute approximate surface area is 150 Å². The van der Waals surface area contributed by atoms with Gasteiger partial charge in [-0.25, -0.2) is 4.99 Å². The van der Waals surface area contributed by atoms with E-state index >= 15 is 0 Å². The molecular formula is C21H18N2O3. The standard InChI is InChI=1S/C21H18N2O3/c1-2-13-3-6-17-16(11-13)19(24)21(25)8-9-23(20(21)22-17)15-5-4-14-7-10-26-18(14)12-15/h3-7,10-12,25H,2,8-9H2,1H3/t21-/m1/s1. The van der Waals surface area contributed by atoms with Gasteiger partial charge in [0.25, 0.3) is 0 Å². The van der Waals surface area contributed by atoms with Crippen LogP contribution in [0.5, 0.6) is 0 Å². The number of carbonyl (C=O) groups excluding carboxylic acids is 1. The maximum Gasteiger partial charge on any atom is 0.204 e. The summed E-state index contributed by atoms with van der Waals surface area (Å²) in [6, 6.07) is 13.5. The summed E-state index contributed by atoms with van der Waals surface area (Å²) in [4.78, 5) is 19.6. The molecule has 3 heterocycles. The van der Waals surface area contributed by atoms with Crippen molar-refractivity contribution in [2.45, 2.75) is 25.4 Å². The Bertz CT molecular complexity index is 1080. The molecule has 2 aliphatic rings. The molecule has 1 aromatic heterocycles. The Morgan fingerprint density at radius 1 is 1.23 bits per heavy atom. The molecule has 0 saturated carbocycles. The number of ketones is 1. The van der Waals surface area contributed by atoms with Gasteiger partial charge in [-0.3, -0.25) is 4.79 Å². The average Bonchev–Trinajstić information content (AvgIpc) is 3.26. The zero-order chi connectivity index (χ0) is 17.9. The number of Topliss-reactive ketones (excluding diaryl/α,β-unsaturated/α-hetero) is 1. The third-order valence-corrected chi connectivity index (χ3v) is 5.39. The Kier molecular flexibility index (Phi) is 3.12. The molecule has 0 radical (unpaired) electrons. The van der Waals surface area contributed by atoms with Crippen LogP contribution in [0.25, 0.3) is 11.0 Å². The van der Waals surface area contributed by atoms with Gasteiger partial charge < -0.3 is 14.4 Å². The van der Waals surface area contributed by atoms with Crippen LogP contribution in [-0.4, -0.2) is 28.9 Å². The molecule has 5 heteroatoms. The van der Waals surface area contributed by atoms with Gasteiger partial charge in [-0.2, -0.15) is 0 Å². The first-order valence-corrected chi connectivity index (χ1v) is 8.84. The van der Waals surface area contributed by atoms with Gasteiger partial charge >= 0.3 is 0 Å². The van der Waals surface area contributed by atoms with Crippen LogP contribution >= 0.6 is 0 Å². The van der Waals surface area contributed by atoms with E-state index in [1.807, 2.05) is 54.3 Å². The van der Waals surface area contributed by atoms with Gasteiger partial charge in [0.05, 0.1) is 12.0 Å². The maximum absolute atomic E-state index is 13.1.